The quantitative estimate of drug-likeness (QED) is 0.286. The largest absolute Gasteiger partial charge is 0.402 e. The molecule has 0 unspecified atom stereocenters. The zero-order chi connectivity index (χ0) is 16.5. The molecular weight excluding hydrogens is 308 g/mol. The van der Waals surface area contributed by atoms with Crippen LogP contribution in [0.5, 0.6) is 0 Å². The molecule has 0 radical (unpaired) electrons. The molecule has 0 aliphatic rings. The zero-order valence-corrected chi connectivity index (χ0v) is 13.6. The van der Waals surface area contributed by atoms with E-state index in [2.05, 4.69) is 20.3 Å². The summed E-state index contributed by atoms with van der Waals surface area (Å²) in [5.74, 6) is 5.49. The van der Waals surface area contributed by atoms with E-state index in [9.17, 15) is 0 Å². The van der Waals surface area contributed by atoms with E-state index in [-0.39, 0.29) is 0 Å². The monoisotopic (exact) mass is 326 g/mol. The molecule has 4 N–H and O–H groups in total. The first-order valence-corrected chi connectivity index (χ1v) is 7.86. The number of hydrogen-bond acceptors (Lipinski definition) is 5. The van der Waals surface area contributed by atoms with Gasteiger partial charge in [-0.2, -0.15) is 0 Å². The number of aliphatic imine (C=N–C) groups is 1. The number of allylic oxidation sites excluding steroid dienone is 1. The van der Waals surface area contributed by atoms with Crippen molar-refractivity contribution >= 4 is 23.3 Å². The third-order valence-corrected chi connectivity index (χ3v) is 3.86. The zero-order valence-electron chi connectivity index (χ0n) is 12.8. The minimum Gasteiger partial charge on any atom is -0.402 e. The summed E-state index contributed by atoms with van der Waals surface area (Å²) in [6.07, 6.45) is 5.92. The highest BCUT2D eigenvalue weighted by atomic mass is 32.2. The Labute approximate surface area is 139 Å². The fraction of sp³-hybridized carbons (Fsp3) is 0.125. The lowest BCUT2D eigenvalue weighted by atomic mass is 10.3. The Morgan fingerprint density at radius 2 is 1.78 bits per heavy atom. The van der Waals surface area contributed by atoms with Gasteiger partial charge in [0.1, 0.15) is 0 Å². The molecule has 1 aromatic heterocycles. The second-order valence-corrected chi connectivity index (χ2v) is 5.68. The summed E-state index contributed by atoms with van der Waals surface area (Å²) < 4.78 is 0. The second kappa shape index (κ2) is 8.70. The van der Waals surface area contributed by atoms with Crippen LogP contribution >= 0.6 is 11.8 Å². The summed E-state index contributed by atoms with van der Waals surface area (Å²) in [6, 6.07) is 11.7. The van der Waals surface area contributed by atoms with Gasteiger partial charge in [-0.3, -0.25) is 4.98 Å². The molecule has 0 aliphatic heterocycles. The molecule has 7 heteroatoms. The van der Waals surface area contributed by atoms with Crippen LogP contribution in [0.1, 0.15) is 13.3 Å². The van der Waals surface area contributed by atoms with Gasteiger partial charge in [-0.15, -0.1) is 5.11 Å². The maximum Gasteiger partial charge on any atom is 0.178 e. The predicted molar refractivity (Wildman–Crippen MR) is 93.5 cm³/mol. The molecule has 0 saturated carbocycles. The summed E-state index contributed by atoms with van der Waals surface area (Å²) in [6.45, 7) is 1.95. The van der Waals surface area contributed by atoms with E-state index in [4.69, 9.17) is 11.6 Å². The Kier molecular flexibility index (Phi) is 6.31. The van der Waals surface area contributed by atoms with E-state index >= 15 is 0 Å². The molecule has 2 rings (SSSR count). The fourth-order valence-corrected chi connectivity index (χ4v) is 2.48. The van der Waals surface area contributed by atoms with Gasteiger partial charge in [-0.1, -0.05) is 23.9 Å². The van der Waals surface area contributed by atoms with Gasteiger partial charge in [-0.05, 0) is 42.8 Å². The van der Waals surface area contributed by atoms with E-state index in [1.54, 1.807) is 30.2 Å². The molecule has 2 aromatic rings. The Balaban J connectivity index is 2.16. The molecule has 1 heterocycles. The average molecular weight is 326 g/mol. The number of nitrogens with two attached hydrogens (primary N) is 2. The summed E-state index contributed by atoms with van der Waals surface area (Å²) in [5, 5.41) is 7.06. The molecule has 1 aromatic carbocycles. The van der Waals surface area contributed by atoms with Crippen LogP contribution in [-0.4, -0.2) is 10.8 Å². The van der Waals surface area contributed by atoms with E-state index in [0.29, 0.717) is 18.0 Å². The molecule has 0 spiro atoms. The van der Waals surface area contributed by atoms with Crippen molar-refractivity contribution in [3.8, 4) is 0 Å². The SMILES string of the molecule is CCC(N)=CC(N=NN)=Nc1ccc(Sc2ccncc2)cc1. The first kappa shape index (κ1) is 16.7. The topological polar surface area (TPSA) is 102 Å². The molecule has 0 atom stereocenters. The molecule has 0 aliphatic carbocycles. The van der Waals surface area contributed by atoms with Crippen molar-refractivity contribution < 1.29 is 0 Å². The fourth-order valence-electron chi connectivity index (χ4n) is 1.67. The Morgan fingerprint density at radius 3 is 2.39 bits per heavy atom. The smallest absolute Gasteiger partial charge is 0.178 e. The summed E-state index contributed by atoms with van der Waals surface area (Å²) in [7, 11) is 0. The van der Waals surface area contributed by atoms with Crippen LogP contribution in [0.25, 0.3) is 0 Å². The van der Waals surface area contributed by atoms with Gasteiger partial charge in [-0.25, -0.2) is 4.99 Å². The van der Waals surface area contributed by atoms with Gasteiger partial charge in [0.15, 0.2) is 5.84 Å². The lowest BCUT2D eigenvalue weighted by Crippen LogP contribution is -1.99. The molecule has 0 fully saturated rings. The summed E-state index contributed by atoms with van der Waals surface area (Å²) in [5.41, 5.74) is 7.22. The number of aromatic nitrogens is 1. The molecule has 0 bridgehead atoms. The van der Waals surface area contributed by atoms with Crippen molar-refractivity contribution in [3.63, 3.8) is 0 Å². The molecule has 118 valence electrons. The highest BCUT2D eigenvalue weighted by Crippen LogP contribution is 2.28. The van der Waals surface area contributed by atoms with Gasteiger partial charge >= 0.3 is 0 Å². The number of benzene rings is 1. The number of nitrogens with zero attached hydrogens (tertiary/aromatic N) is 4. The van der Waals surface area contributed by atoms with Crippen molar-refractivity contribution in [2.24, 2.45) is 26.9 Å². The Bertz CT molecular complexity index is 707. The predicted octanol–water partition coefficient (Wildman–Crippen LogP) is 3.84. The molecule has 6 nitrogen and oxygen atoms in total. The second-order valence-electron chi connectivity index (χ2n) is 4.54. The highest BCUT2D eigenvalue weighted by Gasteiger charge is 1.99. The Hall–Kier alpha value is -2.67. The number of hydrogen-bond donors (Lipinski definition) is 2. The standard InChI is InChI=1S/C16H18N6S/c1-2-12(17)11-16(21-22-18)20-13-3-5-14(6-4-13)23-15-7-9-19-10-8-15/h3-11H,2,17H2,1H3,(H2,18,20,21). The molecular formula is C16H18N6S. The van der Waals surface area contributed by atoms with Crippen molar-refractivity contribution in [1.29, 1.82) is 0 Å². The summed E-state index contributed by atoms with van der Waals surface area (Å²) in [4.78, 5) is 10.6. The molecule has 23 heavy (non-hydrogen) atoms. The van der Waals surface area contributed by atoms with Gasteiger partial charge < -0.3 is 11.6 Å². The maximum atomic E-state index is 5.80. The van der Waals surface area contributed by atoms with E-state index in [1.807, 2.05) is 43.3 Å². The number of rotatable bonds is 5. The third kappa shape index (κ3) is 5.55. The van der Waals surface area contributed by atoms with Crippen LogP contribution in [0, 0.1) is 0 Å². The minimum atomic E-state index is 0.376. The van der Waals surface area contributed by atoms with Crippen LogP contribution in [0.3, 0.4) is 0 Å². The highest BCUT2D eigenvalue weighted by molar-refractivity contribution is 7.99. The van der Waals surface area contributed by atoms with Crippen molar-refractivity contribution in [1.82, 2.24) is 4.98 Å². The van der Waals surface area contributed by atoms with Crippen molar-refractivity contribution in [2.45, 2.75) is 23.1 Å². The van der Waals surface area contributed by atoms with Crippen LogP contribution in [0.15, 0.2) is 85.7 Å². The van der Waals surface area contributed by atoms with Gasteiger partial charge in [0.05, 0.1) is 5.69 Å². The first-order chi connectivity index (χ1) is 11.2. The maximum absolute atomic E-state index is 5.80. The van der Waals surface area contributed by atoms with Crippen LogP contribution in [-0.2, 0) is 0 Å². The Morgan fingerprint density at radius 1 is 1.13 bits per heavy atom. The van der Waals surface area contributed by atoms with Crippen molar-refractivity contribution in [2.75, 3.05) is 0 Å². The van der Waals surface area contributed by atoms with Crippen LogP contribution in [0.2, 0.25) is 0 Å². The minimum absolute atomic E-state index is 0.376. The average Bonchev–Trinajstić information content (AvgIpc) is 2.57. The lowest BCUT2D eigenvalue weighted by Gasteiger charge is -2.02. The van der Waals surface area contributed by atoms with E-state index in [1.165, 1.54) is 0 Å². The van der Waals surface area contributed by atoms with Gasteiger partial charge in [0, 0.05) is 34.0 Å². The lowest BCUT2D eigenvalue weighted by molar-refractivity contribution is 1.06. The van der Waals surface area contributed by atoms with Gasteiger partial charge in [0.25, 0.3) is 0 Å². The number of pyridine rings is 1. The van der Waals surface area contributed by atoms with Crippen LogP contribution < -0.4 is 11.6 Å². The van der Waals surface area contributed by atoms with E-state index < -0.39 is 0 Å². The van der Waals surface area contributed by atoms with Gasteiger partial charge in [0.2, 0.25) is 0 Å². The van der Waals surface area contributed by atoms with E-state index in [0.717, 1.165) is 15.5 Å². The third-order valence-electron chi connectivity index (χ3n) is 2.85. The normalized spacial score (nSPS) is 12.7. The van der Waals surface area contributed by atoms with Crippen molar-refractivity contribution in [3.05, 3.63) is 60.6 Å². The first-order valence-electron chi connectivity index (χ1n) is 7.05. The van der Waals surface area contributed by atoms with Crippen LogP contribution in [0.4, 0.5) is 5.69 Å². The summed E-state index contributed by atoms with van der Waals surface area (Å²) >= 11 is 1.66. The number of amidine groups is 1. The molecule has 0 saturated heterocycles. The molecule has 0 amide bonds.